The van der Waals surface area contributed by atoms with Crippen LogP contribution in [-0.2, 0) is 4.74 Å². The number of benzene rings is 1. The van der Waals surface area contributed by atoms with Crippen molar-refractivity contribution in [3.05, 3.63) is 29.8 Å². The van der Waals surface area contributed by atoms with Crippen molar-refractivity contribution in [2.24, 2.45) is 5.73 Å². The molecule has 0 spiro atoms. The molecule has 3 heteroatoms. The molecule has 1 saturated heterocycles. The molecule has 1 aromatic rings. The smallest absolute Gasteiger partial charge is 0.124 e. The van der Waals surface area contributed by atoms with Gasteiger partial charge in [0.05, 0.1) is 13.2 Å². The second-order valence-electron chi connectivity index (χ2n) is 4.48. The predicted molar refractivity (Wildman–Crippen MR) is 68.1 cm³/mol. The lowest BCUT2D eigenvalue weighted by Gasteiger charge is -2.25. The van der Waals surface area contributed by atoms with E-state index in [0.717, 1.165) is 43.8 Å². The molecule has 0 bridgehead atoms. The van der Waals surface area contributed by atoms with Crippen molar-refractivity contribution >= 4 is 0 Å². The van der Waals surface area contributed by atoms with E-state index in [4.69, 9.17) is 15.2 Å². The minimum Gasteiger partial charge on any atom is -0.490 e. The molecular formula is C14H21NO2. The normalized spacial score (nSPS) is 18.9. The first-order valence-electron chi connectivity index (χ1n) is 6.40. The van der Waals surface area contributed by atoms with Crippen LogP contribution in [0.25, 0.3) is 0 Å². The molecule has 1 aromatic carbocycles. The second-order valence-corrected chi connectivity index (χ2v) is 4.48. The third kappa shape index (κ3) is 3.20. The van der Waals surface area contributed by atoms with Crippen molar-refractivity contribution in [3.8, 4) is 5.75 Å². The zero-order valence-corrected chi connectivity index (χ0v) is 10.4. The highest BCUT2D eigenvalue weighted by Crippen LogP contribution is 2.27. The van der Waals surface area contributed by atoms with Gasteiger partial charge in [-0.3, -0.25) is 0 Å². The van der Waals surface area contributed by atoms with Crippen LogP contribution >= 0.6 is 0 Å². The first-order valence-corrected chi connectivity index (χ1v) is 6.40. The average Bonchev–Trinajstić information content (AvgIpc) is 2.40. The van der Waals surface area contributed by atoms with E-state index in [2.05, 4.69) is 13.0 Å². The van der Waals surface area contributed by atoms with Crippen molar-refractivity contribution in [3.63, 3.8) is 0 Å². The highest BCUT2D eigenvalue weighted by Gasteiger charge is 2.18. The predicted octanol–water partition coefficient (Wildman–Crippen LogP) is 2.65. The summed E-state index contributed by atoms with van der Waals surface area (Å²) in [6.07, 6.45) is 3.13. The van der Waals surface area contributed by atoms with Gasteiger partial charge in [-0.15, -0.1) is 0 Å². The van der Waals surface area contributed by atoms with Crippen LogP contribution in [0.2, 0.25) is 0 Å². The Balaban J connectivity index is 2.08. The maximum Gasteiger partial charge on any atom is 0.124 e. The number of para-hydroxylation sites is 1. The second kappa shape index (κ2) is 6.03. The Morgan fingerprint density at radius 2 is 2.06 bits per heavy atom. The van der Waals surface area contributed by atoms with Crippen molar-refractivity contribution in [2.75, 3.05) is 13.2 Å². The first-order chi connectivity index (χ1) is 8.31. The minimum absolute atomic E-state index is 0.0611. The van der Waals surface area contributed by atoms with Gasteiger partial charge in [0.1, 0.15) is 11.9 Å². The Morgan fingerprint density at radius 3 is 2.76 bits per heavy atom. The van der Waals surface area contributed by atoms with Crippen LogP contribution in [-0.4, -0.2) is 19.3 Å². The average molecular weight is 235 g/mol. The molecule has 1 heterocycles. The lowest BCUT2D eigenvalue weighted by Crippen LogP contribution is -2.26. The Morgan fingerprint density at radius 1 is 1.35 bits per heavy atom. The fourth-order valence-corrected chi connectivity index (χ4v) is 2.09. The molecular weight excluding hydrogens is 214 g/mol. The fraction of sp³-hybridized carbons (Fsp3) is 0.571. The van der Waals surface area contributed by atoms with Crippen LogP contribution in [0.4, 0.5) is 0 Å². The fourth-order valence-electron chi connectivity index (χ4n) is 2.09. The van der Waals surface area contributed by atoms with E-state index in [1.54, 1.807) is 0 Å². The summed E-state index contributed by atoms with van der Waals surface area (Å²) >= 11 is 0. The van der Waals surface area contributed by atoms with E-state index in [9.17, 15) is 0 Å². The van der Waals surface area contributed by atoms with E-state index >= 15 is 0 Å². The lowest BCUT2D eigenvalue weighted by atomic mass is 10.0. The summed E-state index contributed by atoms with van der Waals surface area (Å²) in [6, 6.07) is 8.15. The molecule has 1 aliphatic rings. The van der Waals surface area contributed by atoms with Gasteiger partial charge >= 0.3 is 0 Å². The summed E-state index contributed by atoms with van der Waals surface area (Å²) in [5.41, 5.74) is 7.21. The molecule has 1 fully saturated rings. The molecule has 17 heavy (non-hydrogen) atoms. The van der Waals surface area contributed by atoms with E-state index in [1.807, 2.05) is 18.2 Å². The van der Waals surface area contributed by atoms with Gasteiger partial charge in [-0.25, -0.2) is 0 Å². The number of nitrogens with two attached hydrogens (primary N) is 1. The van der Waals surface area contributed by atoms with Crippen LogP contribution in [0.15, 0.2) is 24.3 Å². The zero-order chi connectivity index (χ0) is 12.1. The molecule has 0 amide bonds. The maximum absolute atomic E-state index is 6.10. The molecule has 1 aliphatic heterocycles. The van der Waals surface area contributed by atoms with Crippen LogP contribution in [0.1, 0.15) is 37.8 Å². The van der Waals surface area contributed by atoms with Gasteiger partial charge in [0.25, 0.3) is 0 Å². The molecule has 0 radical (unpaired) electrons. The Bertz CT molecular complexity index is 348. The molecule has 0 saturated carbocycles. The third-order valence-corrected chi connectivity index (χ3v) is 3.22. The SMILES string of the molecule is CC[C@H](N)c1ccccc1OC1CCOCC1. The van der Waals surface area contributed by atoms with E-state index in [1.165, 1.54) is 0 Å². The standard InChI is InChI=1S/C14H21NO2/c1-2-13(15)12-5-3-4-6-14(12)17-11-7-9-16-10-8-11/h3-6,11,13H,2,7-10,15H2,1H3/t13-/m0/s1. The number of hydrogen-bond acceptors (Lipinski definition) is 3. The molecule has 2 N–H and O–H groups in total. The van der Waals surface area contributed by atoms with Gasteiger partial charge in [-0.2, -0.15) is 0 Å². The van der Waals surface area contributed by atoms with E-state index < -0.39 is 0 Å². The summed E-state index contributed by atoms with van der Waals surface area (Å²) in [7, 11) is 0. The molecule has 3 nitrogen and oxygen atoms in total. The highest BCUT2D eigenvalue weighted by atomic mass is 16.5. The van der Waals surface area contributed by atoms with Crippen molar-refractivity contribution in [2.45, 2.75) is 38.3 Å². The lowest BCUT2D eigenvalue weighted by molar-refractivity contribution is 0.0250. The van der Waals surface area contributed by atoms with Crippen LogP contribution in [0.5, 0.6) is 5.75 Å². The van der Waals surface area contributed by atoms with Crippen molar-refractivity contribution in [1.29, 1.82) is 0 Å². The largest absolute Gasteiger partial charge is 0.490 e. The molecule has 0 aliphatic carbocycles. The van der Waals surface area contributed by atoms with Gasteiger partial charge in [-0.1, -0.05) is 25.1 Å². The third-order valence-electron chi connectivity index (χ3n) is 3.22. The number of ether oxygens (including phenoxy) is 2. The summed E-state index contributed by atoms with van der Waals surface area (Å²) in [5.74, 6) is 0.939. The van der Waals surface area contributed by atoms with Crippen molar-refractivity contribution < 1.29 is 9.47 Å². The number of rotatable bonds is 4. The van der Waals surface area contributed by atoms with Gasteiger partial charge in [0, 0.05) is 24.4 Å². The molecule has 1 atom stereocenters. The number of hydrogen-bond donors (Lipinski definition) is 1. The Kier molecular flexibility index (Phi) is 4.40. The molecule has 94 valence electrons. The Hall–Kier alpha value is -1.06. The summed E-state index contributed by atoms with van der Waals surface area (Å²) in [6.45, 7) is 3.69. The monoisotopic (exact) mass is 235 g/mol. The highest BCUT2D eigenvalue weighted by molar-refractivity contribution is 5.35. The first kappa shape index (κ1) is 12.4. The van der Waals surface area contributed by atoms with Gasteiger partial charge in [-0.05, 0) is 12.5 Å². The summed E-state index contributed by atoms with van der Waals surface area (Å²) in [5, 5.41) is 0. The van der Waals surface area contributed by atoms with Crippen LogP contribution < -0.4 is 10.5 Å². The van der Waals surface area contributed by atoms with Gasteiger partial charge < -0.3 is 15.2 Å². The van der Waals surface area contributed by atoms with Gasteiger partial charge in [0.15, 0.2) is 0 Å². The molecule has 0 aromatic heterocycles. The topological polar surface area (TPSA) is 44.5 Å². The summed E-state index contributed by atoms with van der Waals surface area (Å²) in [4.78, 5) is 0. The quantitative estimate of drug-likeness (QED) is 0.872. The molecule has 2 rings (SSSR count). The zero-order valence-electron chi connectivity index (χ0n) is 10.4. The Labute approximate surface area is 103 Å². The minimum atomic E-state index is 0.0611. The van der Waals surface area contributed by atoms with Crippen LogP contribution in [0.3, 0.4) is 0 Å². The van der Waals surface area contributed by atoms with Gasteiger partial charge in [0.2, 0.25) is 0 Å². The van der Waals surface area contributed by atoms with E-state index in [-0.39, 0.29) is 12.1 Å². The molecule has 0 unspecified atom stereocenters. The summed E-state index contributed by atoms with van der Waals surface area (Å²) < 4.78 is 11.4. The van der Waals surface area contributed by atoms with Crippen LogP contribution in [0, 0.1) is 0 Å². The van der Waals surface area contributed by atoms with Crippen molar-refractivity contribution in [1.82, 2.24) is 0 Å². The maximum atomic E-state index is 6.10. The van der Waals surface area contributed by atoms with E-state index in [0.29, 0.717) is 0 Å².